The largest absolute Gasteiger partial charge is 0.467 e. The van der Waals surface area contributed by atoms with Crippen LogP contribution in [-0.4, -0.2) is 25.0 Å². The van der Waals surface area contributed by atoms with E-state index in [2.05, 4.69) is 5.32 Å². The molecular formula is C18H17Cl2NO3. The number of halogens is 2. The summed E-state index contributed by atoms with van der Waals surface area (Å²) in [5.74, 6) is -0.853. The molecule has 0 bridgehead atoms. The fourth-order valence-corrected chi connectivity index (χ4v) is 2.82. The van der Waals surface area contributed by atoms with Crippen LogP contribution in [0.15, 0.2) is 48.5 Å². The molecule has 6 heteroatoms. The first-order chi connectivity index (χ1) is 11.5. The Kier molecular flexibility index (Phi) is 6.64. The number of hydrogen-bond acceptors (Lipinski definition) is 3. The highest BCUT2D eigenvalue weighted by atomic mass is 35.5. The van der Waals surface area contributed by atoms with Crippen LogP contribution in [0.25, 0.3) is 0 Å². The molecule has 1 amide bonds. The van der Waals surface area contributed by atoms with Crippen LogP contribution >= 0.6 is 23.2 Å². The van der Waals surface area contributed by atoms with Crippen LogP contribution in [0.1, 0.15) is 11.1 Å². The summed E-state index contributed by atoms with van der Waals surface area (Å²) < 4.78 is 4.78. The summed E-state index contributed by atoms with van der Waals surface area (Å²) in [6, 6.07) is 13.7. The predicted octanol–water partition coefficient (Wildman–Crippen LogP) is 3.44. The van der Waals surface area contributed by atoms with Crippen LogP contribution in [0.4, 0.5) is 0 Å². The minimum absolute atomic E-state index is 0.0131. The van der Waals surface area contributed by atoms with Crippen molar-refractivity contribution in [2.45, 2.75) is 18.9 Å². The first kappa shape index (κ1) is 18.3. The number of rotatable bonds is 6. The second kappa shape index (κ2) is 8.71. The summed E-state index contributed by atoms with van der Waals surface area (Å²) >= 11 is 12.1. The van der Waals surface area contributed by atoms with E-state index < -0.39 is 12.0 Å². The number of ether oxygens (including phenoxy) is 1. The lowest BCUT2D eigenvalue weighted by Crippen LogP contribution is -2.43. The van der Waals surface area contributed by atoms with Gasteiger partial charge in [-0.15, -0.1) is 0 Å². The minimum Gasteiger partial charge on any atom is -0.467 e. The SMILES string of the molecule is COC(=O)C(Cc1ccccc1)NC(=O)Cc1c(Cl)cccc1Cl. The van der Waals surface area contributed by atoms with E-state index in [0.717, 1.165) is 5.56 Å². The third-order valence-electron chi connectivity index (χ3n) is 3.50. The quantitative estimate of drug-likeness (QED) is 0.797. The highest BCUT2D eigenvalue weighted by Crippen LogP contribution is 2.24. The molecule has 2 aromatic carbocycles. The average Bonchev–Trinajstić information content (AvgIpc) is 2.58. The average molecular weight is 366 g/mol. The molecule has 0 radical (unpaired) electrons. The van der Waals surface area contributed by atoms with Gasteiger partial charge in [0.2, 0.25) is 5.91 Å². The zero-order valence-electron chi connectivity index (χ0n) is 13.1. The molecule has 1 N–H and O–H groups in total. The topological polar surface area (TPSA) is 55.4 Å². The van der Waals surface area contributed by atoms with E-state index in [1.807, 2.05) is 30.3 Å². The maximum atomic E-state index is 12.3. The van der Waals surface area contributed by atoms with Gasteiger partial charge in [-0.3, -0.25) is 4.79 Å². The van der Waals surface area contributed by atoms with Crippen molar-refractivity contribution < 1.29 is 14.3 Å². The van der Waals surface area contributed by atoms with Gasteiger partial charge in [0, 0.05) is 16.5 Å². The number of esters is 1. The molecule has 2 aromatic rings. The highest BCUT2D eigenvalue weighted by molar-refractivity contribution is 6.36. The van der Waals surface area contributed by atoms with Crippen molar-refractivity contribution in [1.82, 2.24) is 5.32 Å². The molecule has 1 unspecified atom stereocenters. The van der Waals surface area contributed by atoms with Crippen LogP contribution in [0.5, 0.6) is 0 Å². The van der Waals surface area contributed by atoms with Gasteiger partial charge in [-0.05, 0) is 23.3 Å². The Morgan fingerprint density at radius 3 is 2.25 bits per heavy atom. The van der Waals surface area contributed by atoms with Crippen LogP contribution < -0.4 is 5.32 Å². The molecule has 0 spiro atoms. The monoisotopic (exact) mass is 365 g/mol. The van der Waals surface area contributed by atoms with E-state index in [0.29, 0.717) is 22.0 Å². The number of nitrogens with one attached hydrogen (secondary N) is 1. The van der Waals surface area contributed by atoms with Crippen molar-refractivity contribution in [3.8, 4) is 0 Å². The Hall–Kier alpha value is -2.04. The smallest absolute Gasteiger partial charge is 0.328 e. The molecule has 4 nitrogen and oxygen atoms in total. The van der Waals surface area contributed by atoms with Crippen molar-refractivity contribution in [1.29, 1.82) is 0 Å². The number of hydrogen-bond donors (Lipinski definition) is 1. The van der Waals surface area contributed by atoms with E-state index in [1.165, 1.54) is 7.11 Å². The predicted molar refractivity (Wildman–Crippen MR) is 94.3 cm³/mol. The van der Waals surface area contributed by atoms with Gasteiger partial charge in [0.05, 0.1) is 13.5 Å². The summed E-state index contributed by atoms with van der Waals surface area (Å²) in [7, 11) is 1.29. The van der Waals surface area contributed by atoms with Crippen LogP contribution in [0, 0.1) is 0 Å². The van der Waals surface area contributed by atoms with Gasteiger partial charge in [0.15, 0.2) is 0 Å². The number of benzene rings is 2. The molecule has 0 saturated heterocycles. The van der Waals surface area contributed by atoms with Gasteiger partial charge in [0.25, 0.3) is 0 Å². The molecule has 0 fully saturated rings. The Morgan fingerprint density at radius 2 is 1.67 bits per heavy atom. The van der Waals surface area contributed by atoms with Gasteiger partial charge < -0.3 is 10.1 Å². The third kappa shape index (κ3) is 4.98. The zero-order chi connectivity index (χ0) is 17.5. The zero-order valence-corrected chi connectivity index (χ0v) is 14.6. The van der Waals surface area contributed by atoms with Crippen molar-refractivity contribution in [2.75, 3.05) is 7.11 Å². The molecule has 2 rings (SSSR count). The summed E-state index contributed by atoms with van der Waals surface area (Å²) in [6.07, 6.45) is 0.330. The van der Waals surface area contributed by atoms with E-state index in [1.54, 1.807) is 18.2 Å². The molecule has 0 heterocycles. The molecule has 0 saturated carbocycles. The van der Waals surface area contributed by atoms with Gasteiger partial charge in [-0.1, -0.05) is 59.6 Å². The number of methoxy groups -OCH3 is 1. The Balaban J connectivity index is 2.08. The third-order valence-corrected chi connectivity index (χ3v) is 4.21. The Labute approximate surface area is 150 Å². The molecule has 0 aliphatic heterocycles. The fraction of sp³-hybridized carbons (Fsp3) is 0.222. The summed E-state index contributed by atoms with van der Waals surface area (Å²) in [4.78, 5) is 24.3. The standard InChI is InChI=1S/C18H17Cl2NO3/c1-24-18(23)16(10-12-6-3-2-4-7-12)21-17(22)11-13-14(19)8-5-9-15(13)20/h2-9,16H,10-11H2,1H3,(H,21,22). The van der Waals surface area contributed by atoms with Gasteiger partial charge in [-0.25, -0.2) is 4.79 Å². The maximum absolute atomic E-state index is 12.3. The second-order valence-electron chi connectivity index (χ2n) is 5.21. The number of carbonyl (C=O) groups excluding carboxylic acids is 2. The van der Waals surface area contributed by atoms with E-state index >= 15 is 0 Å². The second-order valence-corrected chi connectivity index (χ2v) is 6.02. The fourth-order valence-electron chi connectivity index (χ4n) is 2.29. The van der Waals surface area contributed by atoms with Crippen LogP contribution in [0.2, 0.25) is 10.0 Å². The van der Waals surface area contributed by atoms with Crippen molar-refractivity contribution in [2.24, 2.45) is 0 Å². The summed E-state index contributed by atoms with van der Waals surface area (Å²) in [5, 5.41) is 3.51. The lowest BCUT2D eigenvalue weighted by molar-refractivity contribution is -0.145. The molecular weight excluding hydrogens is 349 g/mol. The van der Waals surface area contributed by atoms with E-state index in [-0.39, 0.29) is 12.3 Å². The van der Waals surface area contributed by atoms with Crippen LogP contribution in [0.3, 0.4) is 0 Å². The lowest BCUT2D eigenvalue weighted by Gasteiger charge is -2.17. The van der Waals surface area contributed by atoms with Crippen LogP contribution in [-0.2, 0) is 27.2 Å². The number of carbonyl (C=O) groups is 2. The first-order valence-electron chi connectivity index (χ1n) is 7.35. The lowest BCUT2D eigenvalue weighted by atomic mass is 10.1. The molecule has 0 aliphatic carbocycles. The molecule has 24 heavy (non-hydrogen) atoms. The first-order valence-corrected chi connectivity index (χ1v) is 8.11. The minimum atomic E-state index is -0.772. The normalized spacial score (nSPS) is 11.6. The van der Waals surface area contributed by atoms with Gasteiger partial charge in [-0.2, -0.15) is 0 Å². The van der Waals surface area contributed by atoms with E-state index in [9.17, 15) is 9.59 Å². The molecule has 1 atom stereocenters. The number of amides is 1. The summed E-state index contributed by atoms with van der Waals surface area (Å²) in [5.41, 5.74) is 1.45. The van der Waals surface area contributed by atoms with Gasteiger partial charge in [0.1, 0.15) is 6.04 Å². The van der Waals surface area contributed by atoms with Crippen molar-refractivity contribution in [3.05, 3.63) is 69.7 Å². The van der Waals surface area contributed by atoms with Crippen molar-refractivity contribution >= 4 is 35.1 Å². The maximum Gasteiger partial charge on any atom is 0.328 e. The highest BCUT2D eigenvalue weighted by Gasteiger charge is 2.22. The van der Waals surface area contributed by atoms with E-state index in [4.69, 9.17) is 27.9 Å². The molecule has 126 valence electrons. The Bertz CT molecular complexity index is 699. The molecule has 0 aliphatic rings. The van der Waals surface area contributed by atoms with Gasteiger partial charge >= 0.3 is 5.97 Å². The van der Waals surface area contributed by atoms with Crippen molar-refractivity contribution in [3.63, 3.8) is 0 Å². The molecule has 0 aromatic heterocycles. The Morgan fingerprint density at radius 1 is 1.04 bits per heavy atom. The summed E-state index contributed by atoms with van der Waals surface area (Å²) in [6.45, 7) is 0.